The van der Waals surface area contributed by atoms with E-state index in [-0.39, 0.29) is 6.04 Å². The average Bonchev–Trinajstić information content (AvgIpc) is 2.81. The molecule has 3 rings (SSSR count). The summed E-state index contributed by atoms with van der Waals surface area (Å²) < 4.78 is 1.32. The van der Waals surface area contributed by atoms with Crippen LogP contribution >= 0.6 is 34.5 Å². The van der Waals surface area contributed by atoms with E-state index in [1.165, 1.54) is 20.5 Å². The van der Waals surface area contributed by atoms with E-state index in [0.29, 0.717) is 10.0 Å². The van der Waals surface area contributed by atoms with Gasteiger partial charge in [0, 0.05) is 14.6 Å². The molecule has 0 fully saturated rings. The van der Waals surface area contributed by atoms with Crippen LogP contribution in [0.5, 0.6) is 0 Å². The standard InChI is InChI=1S/C17H15Cl2NS/c1-10-13-5-3-4-6-16(13)21-17(10)11(2)20-15-9-12(18)7-8-14(15)19/h3-9,11,20H,1-2H3. The summed E-state index contributed by atoms with van der Waals surface area (Å²) in [7, 11) is 0. The molecule has 1 atom stereocenters. The van der Waals surface area contributed by atoms with Crippen LogP contribution in [0.3, 0.4) is 0 Å². The highest BCUT2D eigenvalue weighted by Crippen LogP contribution is 2.37. The van der Waals surface area contributed by atoms with E-state index in [1.807, 2.05) is 23.5 Å². The van der Waals surface area contributed by atoms with Crippen LogP contribution in [0, 0.1) is 6.92 Å². The molecule has 3 aromatic rings. The van der Waals surface area contributed by atoms with Crippen LogP contribution in [-0.4, -0.2) is 0 Å². The van der Waals surface area contributed by atoms with Crippen molar-refractivity contribution in [1.29, 1.82) is 0 Å². The summed E-state index contributed by atoms with van der Waals surface area (Å²) in [5, 5.41) is 6.15. The number of benzene rings is 2. The minimum absolute atomic E-state index is 0.179. The van der Waals surface area contributed by atoms with Crippen molar-refractivity contribution in [1.82, 2.24) is 0 Å². The van der Waals surface area contributed by atoms with Crippen molar-refractivity contribution in [2.24, 2.45) is 0 Å². The predicted molar refractivity (Wildman–Crippen MR) is 95.1 cm³/mol. The molecule has 0 bridgehead atoms. The van der Waals surface area contributed by atoms with Crippen molar-refractivity contribution in [3.05, 3.63) is 63.0 Å². The van der Waals surface area contributed by atoms with Gasteiger partial charge in [-0.1, -0.05) is 41.4 Å². The second kappa shape index (κ2) is 5.88. The van der Waals surface area contributed by atoms with E-state index < -0.39 is 0 Å². The van der Waals surface area contributed by atoms with E-state index in [9.17, 15) is 0 Å². The monoisotopic (exact) mass is 335 g/mol. The Balaban J connectivity index is 1.95. The van der Waals surface area contributed by atoms with Crippen molar-refractivity contribution in [3.8, 4) is 0 Å². The lowest BCUT2D eigenvalue weighted by Crippen LogP contribution is -2.06. The van der Waals surface area contributed by atoms with Crippen molar-refractivity contribution < 1.29 is 0 Å². The highest BCUT2D eigenvalue weighted by molar-refractivity contribution is 7.19. The van der Waals surface area contributed by atoms with Gasteiger partial charge in [0.1, 0.15) is 0 Å². The smallest absolute Gasteiger partial charge is 0.0638 e. The Morgan fingerprint density at radius 1 is 1.10 bits per heavy atom. The Labute approximate surface area is 138 Å². The maximum Gasteiger partial charge on any atom is 0.0638 e. The summed E-state index contributed by atoms with van der Waals surface area (Å²) >= 11 is 14.1. The summed E-state index contributed by atoms with van der Waals surface area (Å²) in [5.41, 5.74) is 2.20. The van der Waals surface area contributed by atoms with Gasteiger partial charge in [0.05, 0.1) is 16.8 Å². The van der Waals surface area contributed by atoms with Crippen molar-refractivity contribution >= 4 is 50.3 Å². The SMILES string of the molecule is Cc1c(C(C)Nc2cc(Cl)ccc2Cl)sc2ccccc12. The highest BCUT2D eigenvalue weighted by atomic mass is 35.5. The van der Waals surface area contributed by atoms with Crippen LogP contribution in [0.1, 0.15) is 23.4 Å². The second-order valence-electron chi connectivity index (χ2n) is 5.08. The molecule has 0 aliphatic rings. The molecule has 21 heavy (non-hydrogen) atoms. The fourth-order valence-electron chi connectivity index (χ4n) is 2.51. The van der Waals surface area contributed by atoms with Crippen LogP contribution in [0.15, 0.2) is 42.5 Å². The third kappa shape index (κ3) is 2.89. The third-order valence-corrected chi connectivity index (χ3v) is 5.59. The molecule has 1 heterocycles. The van der Waals surface area contributed by atoms with Gasteiger partial charge in [-0.15, -0.1) is 11.3 Å². The number of hydrogen-bond donors (Lipinski definition) is 1. The number of anilines is 1. The minimum atomic E-state index is 0.179. The Bertz CT molecular complexity index is 795. The zero-order valence-electron chi connectivity index (χ0n) is 11.8. The summed E-state index contributed by atoms with van der Waals surface area (Å²) in [5.74, 6) is 0. The lowest BCUT2D eigenvalue weighted by molar-refractivity contribution is 0.901. The lowest BCUT2D eigenvalue weighted by Gasteiger charge is -2.16. The number of nitrogens with one attached hydrogen (secondary N) is 1. The number of aryl methyl sites for hydroxylation is 1. The van der Waals surface area contributed by atoms with Gasteiger partial charge in [0.2, 0.25) is 0 Å². The first-order chi connectivity index (χ1) is 10.1. The van der Waals surface area contributed by atoms with Gasteiger partial charge in [-0.25, -0.2) is 0 Å². The Hall–Kier alpha value is -1.22. The van der Waals surface area contributed by atoms with Crippen molar-refractivity contribution in [2.75, 3.05) is 5.32 Å². The third-order valence-electron chi connectivity index (χ3n) is 3.57. The number of fused-ring (bicyclic) bond motifs is 1. The van der Waals surface area contributed by atoms with Crippen molar-refractivity contribution in [2.45, 2.75) is 19.9 Å². The molecule has 0 radical (unpaired) electrons. The largest absolute Gasteiger partial charge is 0.376 e. The Morgan fingerprint density at radius 3 is 2.62 bits per heavy atom. The fraction of sp³-hybridized carbons (Fsp3) is 0.176. The zero-order valence-corrected chi connectivity index (χ0v) is 14.1. The zero-order chi connectivity index (χ0) is 15.0. The maximum atomic E-state index is 6.23. The Morgan fingerprint density at radius 2 is 1.86 bits per heavy atom. The molecule has 2 aromatic carbocycles. The predicted octanol–water partition coefficient (Wildman–Crippen LogP) is 6.69. The second-order valence-corrected chi connectivity index (χ2v) is 7.01. The van der Waals surface area contributed by atoms with E-state index in [4.69, 9.17) is 23.2 Å². The summed E-state index contributed by atoms with van der Waals surface area (Å²) in [6, 6.07) is 14.1. The first kappa shape index (κ1) is 14.7. The van der Waals surface area contributed by atoms with Gasteiger partial charge in [-0.05, 0) is 49.1 Å². The van der Waals surface area contributed by atoms with Crippen LogP contribution in [0.25, 0.3) is 10.1 Å². The number of halogens is 2. The molecule has 1 N–H and O–H groups in total. The van der Waals surface area contributed by atoms with E-state index in [1.54, 1.807) is 6.07 Å². The van der Waals surface area contributed by atoms with E-state index in [2.05, 4.69) is 43.4 Å². The van der Waals surface area contributed by atoms with Gasteiger partial charge in [0.15, 0.2) is 0 Å². The average molecular weight is 336 g/mol. The normalized spacial score (nSPS) is 12.6. The van der Waals surface area contributed by atoms with Crippen LogP contribution in [0.2, 0.25) is 10.0 Å². The molecule has 1 nitrogen and oxygen atoms in total. The first-order valence-electron chi connectivity index (χ1n) is 6.76. The summed E-state index contributed by atoms with van der Waals surface area (Å²) in [4.78, 5) is 1.33. The lowest BCUT2D eigenvalue weighted by atomic mass is 10.1. The molecular formula is C17H15Cl2NS. The molecule has 0 amide bonds. The van der Waals surface area contributed by atoms with Gasteiger partial charge in [-0.2, -0.15) is 0 Å². The highest BCUT2D eigenvalue weighted by Gasteiger charge is 2.15. The molecule has 4 heteroatoms. The molecule has 0 aliphatic heterocycles. The molecular weight excluding hydrogens is 321 g/mol. The molecule has 108 valence electrons. The topological polar surface area (TPSA) is 12.0 Å². The maximum absolute atomic E-state index is 6.23. The van der Waals surface area contributed by atoms with Crippen molar-refractivity contribution in [3.63, 3.8) is 0 Å². The molecule has 0 spiro atoms. The van der Waals surface area contributed by atoms with E-state index in [0.717, 1.165) is 5.69 Å². The van der Waals surface area contributed by atoms with Gasteiger partial charge >= 0.3 is 0 Å². The van der Waals surface area contributed by atoms with Crippen LogP contribution < -0.4 is 5.32 Å². The Kier molecular flexibility index (Phi) is 4.12. The molecule has 0 aliphatic carbocycles. The molecule has 0 saturated heterocycles. The van der Waals surface area contributed by atoms with Crippen LogP contribution in [-0.2, 0) is 0 Å². The first-order valence-corrected chi connectivity index (χ1v) is 8.33. The number of hydrogen-bond acceptors (Lipinski definition) is 2. The van der Waals surface area contributed by atoms with E-state index >= 15 is 0 Å². The number of thiophene rings is 1. The summed E-state index contributed by atoms with van der Waals surface area (Å²) in [6.45, 7) is 4.32. The minimum Gasteiger partial charge on any atom is -0.376 e. The van der Waals surface area contributed by atoms with Gasteiger partial charge < -0.3 is 5.32 Å². The fourth-order valence-corrected chi connectivity index (χ4v) is 4.07. The quantitative estimate of drug-likeness (QED) is 0.562. The molecule has 1 unspecified atom stereocenters. The van der Waals surface area contributed by atoms with Gasteiger partial charge in [-0.3, -0.25) is 0 Å². The summed E-state index contributed by atoms with van der Waals surface area (Å²) in [6.07, 6.45) is 0. The molecule has 1 aromatic heterocycles. The van der Waals surface area contributed by atoms with Gasteiger partial charge in [0.25, 0.3) is 0 Å². The van der Waals surface area contributed by atoms with Crippen LogP contribution in [0.4, 0.5) is 5.69 Å². The number of rotatable bonds is 3. The molecule has 0 saturated carbocycles.